The van der Waals surface area contributed by atoms with Crippen molar-refractivity contribution in [1.29, 1.82) is 0 Å². The van der Waals surface area contributed by atoms with Crippen molar-refractivity contribution in [3.8, 4) is 0 Å². The number of hydrogen-bond donors (Lipinski definition) is 0. The zero-order valence-corrected chi connectivity index (χ0v) is 14.1. The van der Waals surface area contributed by atoms with E-state index >= 15 is 0 Å². The zero-order chi connectivity index (χ0) is 17.4. The van der Waals surface area contributed by atoms with E-state index in [-0.39, 0.29) is 11.3 Å². The van der Waals surface area contributed by atoms with Crippen molar-refractivity contribution in [2.45, 2.75) is 31.2 Å². The first kappa shape index (κ1) is 16.5. The molecule has 0 fully saturated rings. The second kappa shape index (κ2) is 6.27. The minimum Gasteiger partial charge on any atom is -0.293 e. The fraction of sp³-hybridized carbons (Fsp3) is 0.250. The van der Waals surface area contributed by atoms with Crippen LogP contribution >= 0.6 is 11.8 Å². The number of carbonyl (C=O) groups excluding carboxylic acids is 1. The van der Waals surface area contributed by atoms with Crippen LogP contribution in [0.4, 0.5) is 8.78 Å². The summed E-state index contributed by atoms with van der Waals surface area (Å²) in [4.78, 5) is 20.9. The Kier molecular flexibility index (Phi) is 4.31. The van der Waals surface area contributed by atoms with Gasteiger partial charge in [-0.05, 0) is 45.0 Å². The molecule has 2 aromatic heterocycles. The average molecular weight is 348 g/mol. The van der Waals surface area contributed by atoms with Crippen molar-refractivity contribution >= 4 is 23.3 Å². The van der Waals surface area contributed by atoms with Crippen LogP contribution in [0.3, 0.4) is 0 Å². The van der Waals surface area contributed by atoms with Gasteiger partial charge in [0.2, 0.25) is 5.16 Å². The molecule has 5 nitrogen and oxygen atoms in total. The van der Waals surface area contributed by atoms with Crippen LogP contribution in [-0.4, -0.2) is 30.6 Å². The van der Waals surface area contributed by atoms with Gasteiger partial charge in [-0.25, -0.2) is 18.3 Å². The van der Waals surface area contributed by atoms with E-state index < -0.39 is 16.9 Å². The van der Waals surface area contributed by atoms with Gasteiger partial charge in [-0.15, -0.1) is 5.10 Å². The van der Waals surface area contributed by atoms with E-state index in [2.05, 4.69) is 15.1 Å². The molecular weight excluding hydrogens is 334 g/mol. The fourth-order valence-corrected chi connectivity index (χ4v) is 3.12. The molecule has 0 unspecified atom stereocenters. The van der Waals surface area contributed by atoms with Gasteiger partial charge < -0.3 is 0 Å². The van der Waals surface area contributed by atoms with Crippen molar-refractivity contribution < 1.29 is 13.6 Å². The minimum absolute atomic E-state index is 0.114. The first-order chi connectivity index (χ1) is 11.3. The van der Waals surface area contributed by atoms with Crippen molar-refractivity contribution in [2.24, 2.45) is 0 Å². The van der Waals surface area contributed by atoms with Crippen molar-refractivity contribution in [3.05, 3.63) is 52.9 Å². The topological polar surface area (TPSA) is 60.2 Å². The van der Waals surface area contributed by atoms with Gasteiger partial charge in [-0.1, -0.05) is 11.8 Å². The van der Waals surface area contributed by atoms with Crippen molar-refractivity contribution in [1.82, 2.24) is 19.6 Å². The SMILES string of the molecule is Cc1cc(C)n2nc(S[C@@H](C)C(=O)c3ccc(F)c(F)c3)nc2n1. The Hall–Kier alpha value is -2.35. The molecule has 0 bridgehead atoms. The number of halogens is 2. The van der Waals surface area contributed by atoms with Crippen molar-refractivity contribution in [2.75, 3.05) is 0 Å². The second-order valence-electron chi connectivity index (χ2n) is 5.40. The summed E-state index contributed by atoms with van der Waals surface area (Å²) in [6, 6.07) is 5.00. The summed E-state index contributed by atoms with van der Waals surface area (Å²) in [5, 5.41) is 4.18. The molecule has 0 amide bonds. The number of aromatic nitrogens is 4. The summed E-state index contributed by atoms with van der Waals surface area (Å²) < 4.78 is 27.9. The highest BCUT2D eigenvalue weighted by Gasteiger charge is 2.20. The molecule has 24 heavy (non-hydrogen) atoms. The largest absolute Gasteiger partial charge is 0.293 e. The van der Waals surface area contributed by atoms with Gasteiger partial charge in [0.05, 0.1) is 5.25 Å². The van der Waals surface area contributed by atoms with Gasteiger partial charge in [-0.3, -0.25) is 4.79 Å². The number of fused-ring (bicyclic) bond motifs is 1. The second-order valence-corrected chi connectivity index (χ2v) is 6.71. The standard InChI is InChI=1S/C16H14F2N4OS/c1-8-6-9(2)22-15(19-8)20-16(21-22)24-10(3)14(23)11-4-5-12(17)13(18)7-11/h4-7,10H,1-3H3/t10-/m0/s1. The normalized spacial score (nSPS) is 12.5. The quantitative estimate of drug-likeness (QED) is 0.534. The lowest BCUT2D eigenvalue weighted by Crippen LogP contribution is -2.14. The van der Waals surface area contributed by atoms with Gasteiger partial charge in [0.25, 0.3) is 5.78 Å². The van der Waals surface area contributed by atoms with E-state index in [1.54, 1.807) is 11.4 Å². The van der Waals surface area contributed by atoms with E-state index in [9.17, 15) is 13.6 Å². The molecule has 8 heteroatoms. The molecule has 124 valence electrons. The molecule has 0 saturated heterocycles. The maximum Gasteiger partial charge on any atom is 0.253 e. The highest BCUT2D eigenvalue weighted by molar-refractivity contribution is 8.00. The molecule has 0 saturated carbocycles. The lowest BCUT2D eigenvalue weighted by atomic mass is 10.1. The maximum atomic E-state index is 13.3. The Bertz CT molecular complexity index is 941. The molecule has 0 N–H and O–H groups in total. The molecular formula is C16H14F2N4OS. The summed E-state index contributed by atoms with van der Waals surface area (Å²) >= 11 is 1.15. The zero-order valence-electron chi connectivity index (χ0n) is 13.2. The summed E-state index contributed by atoms with van der Waals surface area (Å²) in [7, 11) is 0. The fourth-order valence-electron chi connectivity index (χ4n) is 2.29. The summed E-state index contributed by atoms with van der Waals surface area (Å²) in [6.07, 6.45) is 0. The monoisotopic (exact) mass is 348 g/mol. The molecule has 0 aliphatic carbocycles. The first-order valence-corrected chi connectivity index (χ1v) is 8.10. The lowest BCUT2D eigenvalue weighted by Gasteiger charge is -2.07. The van der Waals surface area contributed by atoms with E-state index in [1.807, 2.05) is 19.9 Å². The Morgan fingerprint density at radius 3 is 2.62 bits per heavy atom. The third-order valence-corrected chi connectivity index (χ3v) is 4.41. The first-order valence-electron chi connectivity index (χ1n) is 7.22. The van der Waals surface area contributed by atoms with Crippen LogP contribution in [0.5, 0.6) is 0 Å². The van der Waals surface area contributed by atoms with Gasteiger partial charge in [-0.2, -0.15) is 4.98 Å². The molecule has 2 heterocycles. The number of ketones is 1. The lowest BCUT2D eigenvalue weighted by molar-refractivity contribution is 0.0993. The average Bonchev–Trinajstić information content (AvgIpc) is 2.91. The van der Waals surface area contributed by atoms with Crippen LogP contribution in [0.2, 0.25) is 0 Å². The van der Waals surface area contributed by atoms with E-state index in [1.165, 1.54) is 6.07 Å². The Morgan fingerprint density at radius 1 is 1.17 bits per heavy atom. The Balaban J connectivity index is 1.83. The number of Topliss-reactive ketones (excluding diaryl/α,β-unsaturated/α-hetero) is 1. The van der Waals surface area contributed by atoms with Crippen LogP contribution in [0.1, 0.15) is 28.7 Å². The molecule has 3 aromatic rings. The number of hydrogen-bond acceptors (Lipinski definition) is 5. The number of nitrogens with zero attached hydrogens (tertiary/aromatic N) is 4. The van der Waals surface area contributed by atoms with E-state index in [0.717, 1.165) is 35.3 Å². The number of thioether (sulfide) groups is 1. The molecule has 0 radical (unpaired) electrons. The van der Waals surface area contributed by atoms with Crippen LogP contribution in [0, 0.1) is 25.5 Å². The predicted octanol–water partition coefficient (Wildman–Crippen LogP) is 3.38. The number of rotatable bonds is 4. The van der Waals surface area contributed by atoms with Crippen LogP contribution in [-0.2, 0) is 0 Å². The van der Waals surface area contributed by atoms with Gasteiger partial charge in [0.1, 0.15) is 0 Å². The summed E-state index contributed by atoms with van der Waals surface area (Å²) in [5.74, 6) is -1.88. The molecule has 0 aliphatic heterocycles. The smallest absolute Gasteiger partial charge is 0.253 e. The number of carbonyl (C=O) groups is 1. The van der Waals surface area contributed by atoms with Gasteiger partial charge in [0.15, 0.2) is 17.4 Å². The van der Waals surface area contributed by atoms with E-state index in [0.29, 0.717) is 10.9 Å². The van der Waals surface area contributed by atoms with E-state index in [4.69, 9.17) is 0 Å². The summed E-state index contributed by atoms with van der Waals surface area (Å²) in [6.45, 7) is 5.43. The third kappa shape index (κ3) is 3.14. The number of aryl methyl sites for hydroxylation is 2. The predicted molar refractivity (Wildman–Crippen MR) is 86.3 cm³/mol. The van der Waals surface area contributed by atoms with Crippen LogP contribution in [0.25, 0.3) is 5.78 Å². The number of benzene rings is 1. The Labute approximate surface area is 141 Å². The highest BCUT2D eigenvalue weighted by atomic mass is 32.2. The minimum atomic E-state index is -1.04. The molecule has 3 rings (SSSR count). The van der Waals surface area contributed by atoms with Crippen LogP contribution < -0.4 is 0 Å². The molecule has 0 spiro atoms. The molecule has 1 atom stereocenters. The summed E-state index contributed by atoms with van der Waals surface area (Å²) in [5.41, 5.74) is 1.83. The van der Waals surface area contributed by atoms with Crippen LogP contribution in [0.15, 0.2) is 29.4 Å². The molecule has 1 aromatic carbocycles. The Morgan fingerprint density at radius 2 is 1.92 bits per heavy atom. The van der Waals surface area contributed by atoms with Crippen molar-refractivity contribution in [3.63, 3.8) is 0 Å². The third-order valence-electron chi connectivity index (χ3n) is 3.45. The molecule has 0 aliphatic rings. The maximum absolute atomic E-state index is 13.3. The van der Waals surface area contributed by atoms with Gasteiger partial charge >= 0.3 is 0 Å². The highest BCUT2D eigenvalue weighted by Crippen LogP contribution is 2.24. The van der Waals surface area contributed by atoms with Gasteiger partial charge in [0, 0.05) is 17.0 Å².